The lowest BCUT2D eigenvalue weighted by molar-refractivity contribution is -0.274. The number of aromatic nitrogens is 2. The molecule has 9 heteroatoms. The van der Waals surface area contributed by atoms with Crippen molar-refractivity contribution in [1.82, 2.24) is 9.97 Å². The maximum absolute atomic E-state index is 12.3. The van der Waals surface area contributed by atoms with E-state index in [1.807, 2.05) is 4.90 Å². The number of nitriles is 1. The van der Waals surface area contributed by atoms with Gasteiger partial charge in [-0.1, -0.05) is 12.1 Å². The van der Waals surface area contributed by atoms with Gasteiger partial charge in [0.25, 0.3) is 0 Å². The SMILES string of the molecule is N#CC1(c2ccc(OC(F)(F)F)cc2)CCN(c2ncc(C=O)cn2)CC1. The van der Waals surface area contributed by atoms with Crippen molar-refractivity contribution in [3.8, 4) is 11.8 Å². The van der Waals surface area contributed by atoms with Crippen LogP contribution in [0.4, 0.5) is 19.1 Å². The highest BCUT2D eigenvalue weighted by Crippen LogP contribution is 2.37. The number of benzene rings is 1. The van der Waals surface area contributed by atoms with Gasteiger partial charge in [-0.3, -0.25) is 4.79 Å². The van der Waals surface area contributed by atoms with E-state index in [4.69, 9.17) is 0 Å². The minimum atomic E-state index is -4.75. The molecule has 3 rings (SSSR count). The van der Waals surface area contributed by atoms with Crippen LogP contribution >= 0.6 is 0 Å². The third-order valence-corrected chi connectivity index (χ3v) is 4.55. The second-order valence-corrected chi connectivity index (χ2v) is 6.19. The van der Waals surface area contributed by atoms with Crippen molar-refractivity contribution in [2.45, 2.75) is 24.6 Å². The topological polar surface area (TPSA) is 79.1 Å². The van der Waals surface area contributed by atoms with E-state index in [9.17, 15) is 23.2 Å². The first-order valence-corrected chi connectivity index (χ1v) is 8.15. The smallest absolute Gasteiger partial charge is 0.406 e. The molecular formula is C18H15F3N4O2. The van der Waals surface area contributed by atoms with Crippen LogP contribution in [-0.4, -0.2) is 35.7 Å². The summed E-state index contributed by atoms with van der Waals surface area (Å²) in [7, 11) is 0. The van der Waals surface area contributed by atoms with Crippen molar-refractivity contribution in [3.05, 3.63) is 47.8 Å². The molecule has 2 aromatic rings. The number of ether oxygens (including phenoxy) is 1. The fourth-order valence-corrected chi connectivity index (χ4v) is 3.08. The average molecular weight is 376 g/mol. The number of alkyl halides is 3. The molecule has 1 fully saturated rings. The lowest BCUT2D eigenvalue weighted by atomic mass is 9.74. The van der Waals surface area contributed by atoms with E-state index in [0.717, 1.165) is 0 Å². The third kappa shape index (κ3) is 4.16. The predicted octanol–water partition coefficient (Wildman–Crippen LogP) is 3.25. The molecule has 1 aromatic heterocycles. The lowest BCUT2D eigenvalue weighted by Gasteiger charge is -2.37. The van der Waals surface area contributed by atoms with Gasteiger partial charge in [0.15, 0.2) is 6.29 Å². The molecule has 0 spiro atoms. The second kappa shape index (κ2) is 7.23. The van der Waals surface area contributed by atoms with Gasteiger partial charge in [-0.05, 0) is 30.5 Å². The van der Waals surface area contributed by atoms with Crippen molar-refractivity contribution in [2.24, 2.45) is 0 Å². The van der Waals surface area contributed by atoms with Crippen LogP contribution in [0.3, 0.4) is 0 Å². The van der Waals surface area contributed by atoms with E-state index >= 15 is 0 Å². The zero-order valence-electron chi connectivity index (χ0n) is 14.1. The van der Waals surface area contributed by atoms with Gasteiger partial charge in [0.05, 0.1) is 17.0 Å². The van der Waals surface area contributed by atoms with Crippen molar-refractivity contribution in [3.63, 3.8) is 0 Å². The van der Waals surface area contributed by atoms with Crippen LogP contribution in [0.1, 0.15) is 28.8 Å². The highest BCUT2D eigenvalue weighted by molar-refractivity contribution is 5.73. The molecule has 2 heterocycles. The molecule has 0 radical (unpaired) electrons. The molecule has 27 heavy (non-hydrogen) atoms. The molecule has 1 saturated heterocycles. The van der Waals surface area contributed by atoms with Crippen LogP contribution in [0.25, 0.3) is 0 Å². The van der Waals surface area contributed by atoms with Gasteiger partial charge in [0.2, 0.25) is 5.95 Å². The van der Waals surface area contributed by atoms with Gasteiger partial charge in [-0.25, -0.2) is 9.97 Å². The van der Waals surface area contributed by atoms with Crippen molar-refractivity contribution in [2.75, 3.05) is 18.0 Å². The predicted molar refractivity (Wildman–Crippen MR) is 89.3 cm³/mol. The van der Waals surface area contributed by atoms with Gasteiger partial charge >= 0.3 is 6.36 Å². The van der Waals surface area contributed by atoms with E-state index in [1.165, 1.54) is 36.7 Å². The number of nitrogens with zero attached hydrogens (tertiary/aromatic N) is 4. The van der Waals surface area contributed by atoms with E-state index < -0.39 is 11.8 Å². The van der Waals surface area contributed by atoms with Crippen LogP contribution < -0.4 is 9.64 Å². The van der Waals surface area contributed by atoms with Crippen molar-refractivity contribution < 1.29 is 22.7 Å². The second-order valence-electron chi connectivity index (χ2n) is 6.19. The summed E-state index contributed by atoms with van der Waals surface area (Å²) in [6, 6.07) is 7.74. The van der Waals surface area contributed by atoms with Gasteiger partial charge in [-0.2, -0.15) is 5.26 Å². The summed E-state index contributed by atoms with van der Waals surface area (Å²) in [5, 5.41) is 9.73. The largest absolute Gasteiger partial charge is 0.573 e. The summed E-state index contributed by atoms with van der Waals surface area (Å²) < 4.78 is 40.7. The van der Waals surface area contributed by atoms with Crippen LogP contribution in [0.5, 0.6) is 5.75 Å². The Labute approximate surface area is 153 Å². The first-order valence-electron chi connectivity index (χ1n) is 8.15. The van der Waals surface area contributed by atoms with Crippen LogP contribution in [-0.2, 0) is 5.41 Å². The average Bonchev–Trinajstić information content (AvgIpc) is 2.67. The van der Waals surface area contributed by atoms with Crippen LogP contribution in [0.15, 0.2) is 36.7 Å². The molecule has 140 valence electrons. The molecule has 0 unspecified atom stereocenters. The van der Waals surface area contributed by atoms with Gasteiger partial charge in [0.1, 0.15) is 5.75 Å². The van der Waals surface area contributed by atoms with Gasteiger partial charge in [0, 0.05) is 25.5 Å². The monoisotopic (exact) mass is 376 g/mol. The molecule has 1 aliphatic rings. The summed E-state index contributed by atoms with van der Waals surface area (Å²) in [6.07, 6.45) is -0.280. The maximum Gasteiger partial charge on any atom is 0.573 e. The number of anilines is 1. The zero-order chi connectivity index (χ0) is 19.5. The number of hydrogen-bond acceptors (Lipinski definition) is 6. The Hall–Kier alpha value is -3.15. The van der Waals surface area contributed by atoms with E-state index in [2.05, 4.69) is 20.8 Å². The summed E-state index contributed by atoms with van der Waals surface area (Å²) in [5.74, 6) is 0.154. The Morgan fingerprint density at radius 2 is 1.74 bits per heavy atom. The first kappa shape index (κ1) is 18.6. The number of halogens is 3. The Balaban J connectivity index is 1.72. The minimum Gasteiger partial charge on any atom is -0.406 e. The molecule has 1 aromatic carbocycles. The number of piperidine rings is 1. The van der Waals surface area contributed by atoms with Crippen LogP contribution in [0, 0.1) is 11.3 Å². The molecule has 0 bridgehead atoms. The fraction of sp³-hybridized carbons (Fsp3) is 0.333. The Bertz CT molecular complexity index is 837. The number of carbonyl (C=O) groups is 1. The zero-order valence-corrected chi connectivity index (χ0v) is 14.1. The highest BCUT2D eigenvalue weighted by Gasteiger charge is 2.37. The maximum atomic E-state index is 12.3. The molecule has 0 atom stereocenters. The van der Waals surface area contributed by atoms with Crippen molar-refractivity contribution >= 4 is 12.2 Å². The molecular weight excluding hydrogens is 361 g/mol. The minimum absolute atomic E-state index is 0.319. The molecule has 0 saturated carbocycles. The summed E-state index contributed by atoms with van der Waals surface area (Å²) in [4.78, 5) is 20.9. The normalized spacial score (nSPS) is 16.4. The fourth-order valence-electron chi connectivity index (χ4n) is 3.08. The number of hydrogen-bond donors (Lipinski definition) is 0. The van der Waals surface area contributed by atoms with Gasteiger partial charge < -0.3 is 9.64 Å². The number of aldehydes is 1. The summed E-state index contributed by atoms with van der Waals surface area (Å²) >= 11 is 0. The molecule has 6 nitrogen and oxygen atoms in total. The lowest BCUT2D eigenvalue weighted by Crippen LogP contribution is -2.42. The first-order chi connectivity index (χ1) is 12.8. The molecule has 0 N–H and O–H groups in total. The number of carbonyl (C=O) groups excluding carboxylic acids is 1. The Kier molecular flexibility index (Phi) is 4.99. The highest BCUT2D eigenvalue weighted by atomic mass is 19.4. The summed E-state index contributed by atoms with van der Waals surface area (Å²) in [6.45, 7) is 1.02. The van der Waals surface area contributed by atoms with E-state index in [1.54, 1.807) is 0 Å². The standard InChI is InChI=1S/C18H15F3N4O2/c19-18(20,21)27-15-3-1-14(2-4-15)17(12-22)5-7-25(8-6-17)16-23-9-13(11-26)10-24-16/h1-4,9-11H,5-8H2. The molecule has 0 amide bonds. The Morgan fingerprint density at radius 3 is 2.22 bits per heavy atom. The van der Waals surface area contributed by atoms with E-state index in [0.29, 0.717) is 49.3 Å². The van der Waals surface area contributed by atoms with Gasteiger partial charge in [-0.15, -0.1) is 13.2 Å². The third-order valence-electron chi connectivity index (χ3n) is 4.55. The molecule has 1 aliphatic heterocycles. The molecule has 0 aliphatic carbocycles. The van der Waals surface area contributed by atoms with Crippen LogP contribution in [0.2, 0.25) is 0 Å². The quantitative estimate of drug-likeness (QED) is 0.762. The summed E-state index contributed by atoms with van der Waals surface area (Å²) in [5.41, 5.74) is 0.232. The Morgan fingerprint density at radius 1 is 1.15 bits per heavy atom. The van der Waals surface area contributed by atoms with E-state index in [-0.39, 0.29) is 5.75 Å². The number of rotatable bonds is 4. The van der Waals surface area contributed by atoms with Crippen molar-refractivity contribution in [1.29, 1.82) is 5.26 Å².